The van der Waals surface area contributed by atoms with Gasteiger partial charge in [0.15, 0.2) is 11.6 Å². The van der Waals surface area contributed by atoms with E-state index in [1.807, 2.05) is 0 Å². The van der Waals surface area contributed by atoms with Crippen molar-refractivity contribution in [3.8, 4) is 0 Å². The standard InChI is InChI=1S/C14H19F2NO/c15-12-6-5-10(7-13(12)16)8-17-9-11-3-1-2-4-14(11)18/h5-7,11,14,17-18H,1-4,8-9H2. The van der Waals surface area contributed by atoms with Gasteiger partial charge in [0, 0.05) is 13.1 Å². The maximum atomic E-state index is 13.0. The van der Waals surface area contributed by atoms with Crippen LogP contribution in [0.4, 0.5) is 8.78 Å². The summed E-state index contributed by atoms with van der Waals surface area (Å²) in [7, 11) is 0. The van der Waals surface area contributed by atoms with E-state index >= 15 is 0 Å². The maximum absolute atomic E-state index is 13.0. The van der Waals surface area contributed by atoms with Crippen LogP contribution in [0.3, 0.4) is 0 Å². The van der Waals surface area contributed by atoms with Crippen LogP contribution >= 0.6 is 0 Å². The summed E-state index contributed by atoms with van der Waals surface area (Å²) in [5.41, 5.74) is 0.721. The fourth-order valence-corrected chi connectivity index (χ4v) is 2.48. The lowest BCUT2D eigenvalue weighted by Crippen LogP contribution is -2.33. The third-order valence-electron chi connectivity index (χ3n) is 3.59. The van der Waals surface area contributed by atoms with Crippen LogP contribution in [0.2, 0.25) is 0 Å². The molecule has 18 heavy (non-hydrogen) atoms. The minimum Gasteiger partial charge on any atom is -0.393 e. The molecule has 1 aliphatic rings. The number of hydrogen-bond acceptors (Lipinski definition) is 2. The van der Waals surface area contributed by atoms with Crippen molar-refractivity contribution >= 4 is 0 Å². The van der Waals surface area contributed by atoms with Gasteiger partial charge in [-0.2, -0.15) is 0 Å². The second-order valence-corrected chi connectivity index (χ2v) is 4.99. The lowest BCUT2D eigenvalue weighted by atomic mass is 9.86. The Labute approximate surface area is 106 Å². The summed E-state index contributed by atoms with van der Waals surface area (Å²) in [5, 5.41) is 13.0. The first kappa shape index (κ1) is 13.4. The molecule has 1 aromatic carbocycles. The van der Waals surface area contributed by atoms with Crippen molar-refractivity contribution < 1.29 is 13.9 Å². The summed E-state index contributed by atoms with van der Waals surface area (Å²) in [5.74, 6) is -1.35. The van der Waals surface area contributed by atoms with Gasteiger partial charge >= 0.3 is 0 Å². The van der Waals surface area contributed by atoms with Crippen LogP contribution in [0.1, 0.15) is 31.2 Å². The normalized spacial score (nSPS) is 24.2. The van der Waals surface area contributed by atoms with Crippen molar-refractivity contribution in [2.75, 3.05) is 6.54 Å². The smallest absolute Gasteiger partial charge is 0.159 e. The Kier molecular flexibility index (Phi) is 4.66. The first-order chi connectivity index (χ1) is 8.66. The van der Waals surface area contributed by atoms with Gasteiger partial charge in [-0.3, -0.25) is 0 Å². The fourth-order valence-electron chi connectivity index (χ4n) is 2.48. The molecule has 0 saturated heterocycles. The molecule has 1 aromatic rings. The molecule has 0 aliphatic heterocycles. The van der Waals surface area contributed by atoms with E-state index < -0.39 is 11.6 Å². The average molecular weight is 255 g/mol. The van der Waals surface area contributed by atoms with Crippen LogP contribution < -0.4 is 5.32 Å². The third kappa shape index (κ3) is 3.50. The van der Waals surface area contributed by atoms with Crippen molar-refractivity contribution in [1.29, 1.82) is 0 Å². The number of halogens is 2. The summed E-state index contributed by atoms with van der Waals surface area (Å²) < 4.78 is 25.7. The number of hydrogen-bond donors (Lipinski definition) is 2. The Morgan fingerprint density at radius 1 is 1.17 bits per heavy atom. The summed E-state index contributed by atoms with van der Waals surface area (Å²) in [6.45, 7) is 1.22. The first-order valence-electron chi connectivity index (χ1n) is 6.49. The zero-order valence-electron chi connectivity index (χ0n) is 10.3. The summed E-state index contributed by atoms with van der Waals surface area (Å²) >= 11 is 0. The van der Waals surface area contributed by atoms with Gasteiger partial charge in [0.25, 0.3) is 0 Å². The Balaban J connectivity index is 1.79. The topological polar surface area (TPSA) is 32.3 Å². The van der Waals surface area contributed by atoms with E-state index in [4.69, 9.17) is 0 Å². The van der Waals surface area contributed by atoms with E-state index in [9.17, 15) is 13.9 Å². The van der Waals surface area contributed by atoms with Crippen molar-refractivity contribution in [2.45, 2.75) is 38.3 Å². The molecule has 2 atom stereocenters. The highest BCUT2D eigenvalue weighted by Crippen LogP contribution is 2.23. The van der Waals surface area contributed by atoms with Crippen LogP contribution in [-0.4, -0.2) is 17.8 Å². The zero-order chi connectivity index (χ0) is 13.0. The molecule has 1 fully saturated rings. The second kappa shape index (κ2) is 6.25. The predicted molar refractivity (Wildman–Crippen MR) is 66.0 cm³/mol. The molecule has 2 rings (SSSR count). The summed E-state index contributed by atoms with van der Waals surface area (Å²) in [6.07, 6.45) is 3.94. The number of nitrogens with one attached hydrogen (secondary N) is 1. The molecule has 2 unspecified atom stereocenters. The molecule has 1 saturated carbocycles. The predicted octanol–water partition coefficient (Wildman–Crippen LogP) is 2.61. The van der Waals surface area contributed by atoms with E-state index in [2.05, 4.69) is 5.32 Å². The fraction of sp³-hybridized carbons (Fsp3) is 0.571. The molecule has 1 aliphatic carbocycles. The molecule has 0 amide bonds. The van der Waals surface area contributed by atoms with Gasteiger partial charge in [-0.15, -0.1) is 0 Å². The van der Waals surface area contributed by atoms with Crippen molar-refractivity contribution in [1.82, 2.24) is 5.32 Å². The molecule has 100 valence electrons. The second-order valence-electron chi connectivity index (χ2n) is 4.99. The molecule has 2 N–H and O–H groups in total. The molecular formula is C14H19F2NO. The van der Waals surface area contributed by atoms with Gasteiger partial charge < -0.3 is 10.4 Å². The lowest BCUT2D eigenvalue weighted by molar-refractivity contribution is 0.0695. The Hall–Kier alpha value is -1.00. The van der Waals surface area contributed by atoms with Crippen LogP contribution in [0.15, 0.2) is 18.2 Å². The maximum Gasteiger partial charge on any atom is 0.159 e. The van der Waals surface area contributed by atoms with E-state index in [1.165, 1.54) is 6.07 Å². The minimum atomic E-state index is -0.818. The Morgan fingerprint density at radius 3 is 2.67 bits per heavy atom. The van der Waals surface area contributed by atoms with Gasteiger partial charge in [0.2, 0.25) is 0 Å². The van der Waals surface area contributed by atoms with Gasteiger partial charge in [-0.05, 0) is 36.5 Å². The average Bonchev–Trinajstić information content (AvgIpc) is 2.36. The number of aliphatic hydroxyl groups excluding tert-OH is 1. The van der Waals surface area contributed by atoms with E-state index in [1.54, 1.807) is 6.07 Å². The molecular weight excluding hydrogens is 236 g/mol. The number of benzene rings is 1. The van der Waals surface area contributed by atoms with Gasteiger partial charge in [0.05, 0.1) is 6.10 Å². The van der Waals surface area contributed by atoms with E-state index in [-0.39, 0.29) is 12.0 Å². The van der Waals surface area contributed by atoms with E-state index in [0.29, 0.717) is 6.54 Å². The van der Waals surface area contributed by atoms with Crippen LogP contribution in [0.5, 0.6) is 0 Å². The lowest BCUT2D eigenvalue weighted by Gasteiger charge is -2.27. The molecule has 0 radical (unpaired) electrons. The number of rotatable bonds is 4. The Morgan fingerprint density at radius 2 is 1.94 bits per heavy atom. The van der Waals surface area contributed by atoms with Crippen LogP contribution in [0.25, 0.3) is 0 Å². The summed E-state index contributed by atoms with van der Waals surface area (Å²) in [6, 6.07) is 3.92. The van der Waals surface area contributed by atoms with Crippen molar-refractivity contribution in [3.63, 3.8) is 0 Å². The molecule has 0 aromatic heterocycles. The SMILES string of the molecule is OC1CCCCC1CNCc1ccc(F)c(F)c1. The highest BCUT2D eigenvalue weighted by Gasteiger charge is 2.22. The van der Waals surface area contributed by atoms with Crippen LogP contribution in [0, 0.1) is 17.6 Å². The monoisotopic (exact) mass is 255 g/mol. The highest BCUT2D eigenvalue weighted by molar-refractivity contribution is 5.17. The first-order valence-corrected chi connectivity index (χ1v) is 6.49. The Bertz CT molecular complexity index is 397. The molecule has 4 heteroatoms. The van der Waals surface area contributed by atoms with E-state index in [0.717, 1.165) is 43.9 Å². The molecule has 0 bridgehead atoms. The number of aliphatic hydroxyl groups is 1. The minimum absolute atomic E-state index is 0.226. The highest BCUT2D eigenvalue weighted by atomic mass is 19.2. The quantitative estimate of drug-likeness (QED) is 0.866. The third-order valence-corrected chi connectivity index (χ3v) is 3.59. The molecule has 0 heterocycles. The van der Waals surface area contributed by atoms with Crippen molar-refractivity contribution in [2.24, 2.45) is 5.92 Å². The van der Waals surface area contributed by atoms with Gasteiger partial charge in [-0.25, -0.2) is 8.78 Å². The van der Waals surface area contributed by atoms with Crippen molar-refractivity contribution in [3.05, 3.63) is 35.4 Å². The summed E-state index contributed by atoms with van der Waals surface area (Å²) in [4.78, 5) is 0. The van der Waals surface area contributed by atoms with Gasteiger partial charge in [-0.1, -0.05) is 18.9 Å². The molecule has 0 spiro atoms. The largest absolute Gasteiger partial charge is 0.393 e. The van der Waals surface area contributed by atoms with Gasteiger partial charge in [0.1, 0.15) is 0 Å². The zero-order valence-corrected chi connectivity index (χ0v) is 10.3. The molecule has 2 nitrogen and oxygen atoms in total. The van der Waals surface area contributed by atoms with Crippen LogP contribution in [-0.2, 0) is 6.54 Å².